The maximum absolute atomic E-state index is 12.1. The smallest absolute Gasteiger partial charge is 0.236 e. The summed E-state index contributed by atoms with van der Waals surface area (Å²) in [7, 11) is 1.64. The number of nitrogens with zero attached hydrogens (tertiary/aromatic N) is 1. The van der Waals surface area contributed by atoms with E-state index in [1.807, 2.05) is 30.3 Å². The molecule has 108 valence electrons. The Labute approximate surface area is 128 Å². The molecule has 0 aromatic heterocycles. The molecule has 0 aliphatic carbocycles. The third kappa shape index (κ3) is 4.33. The lowest BCUT2D eigenvalue weighted by Gasteiger charge is -2.17. The fourth-order valence-electron chi connectivity index (χ4n) is 1.82. The molecule has 2 aromatic carbocycles. The van der Waals surface area contributed by atoms with Crippen LogP contribution < -0.4 is 10.2 Å². The second-order valence-corrected chi connectivity index (χ2v) is 4.96. The molecule has 0 radical (unpaired) electrons. The molecule has 0 fully saturated rings. The average Bonchev–Trinajstić information content (AvgIpc) is 2.47. The van der Waals surface area contributed by atoms with Crippen LogP contribution in [0.1, 0.15) is 6.42 Å². The topological polar surface area (TPSA) is 49.4 Å². The summed E-state index contributed by atoms with van der Waals surface area (Å²) in [6, 6.07) is 16.0. The normalized spacial score (nSPS) is 10.0. The Hall–Kier alpha value is -2.33. The standard InChI is InChI=1S/C16H15ClN2O2/c1-19(14-8-3-2-4-9-14)16(21)11-15(20)18-13-7-5-6-12(17)10-13/h2-10H,11H2,1H3,(H,18,20). The molecule has 0 aliphatic rings. The predicted molar refractivity (Wildman–Crippen MR) is 84.6 cm³/mol. The lowest BCUT2D eigenvalue weighted by Crippen LogP contribution is -2.30. The summed E-state index contributed by atoms with van der Waals surface area (Å²) >= 11 is 5.84. The highest BCUT2D eigenvalue weighted by atomic mass is 35.5. The molecule has 0 saturated carbocycles. The fourth-order valence-corrected chi connectivity index (χ4v) is 2.01. The van der Waals surface area contributed by atoms with E-state index in [2.05, 4.69) is 5.32 Å². The van der Waals surface area contributed by atoms with E-state index >= 15 is 0 Å². The minimum Gasteiger partial charge on any atom is -0.326 e. The van der Waals surface area contributed by atoms with Gasteiger partial charge in [0.2, 0.25) is 11.8 Å². The molecule has 21 heavy (non-hydrogen) atoms. The number of carbonyl (C=O) groups excluding carboxylic acids is 2. The molecule has 0 bridgehead atoms. The van der Waals surface area contributed by atoms with E-state index in [0.29, 0.717) is 10.7 Å². The van der Waals surface area contributed by atoms with Crippen molar-refractivity contribution >= 4 is 34.8 Å². The van der Waals surface area contributed by atoms with Gasteiger partial charge in [0, 0.05) is 23.4 Å². The van der Waals surface area contributed by atoms with Crippen molar-refractivity contribution in [3.05, 3.63) is 59.6 Å². The van der Waals surface area contributed by atoms with E-state index in [1.165, 1.54) is 4.90 Å². The van der Waals surface area contributed by atoms with Gasteiger partial charge >= 0.3 is 0 Å². The molecular weight excluding hydrogens is 288 g/mol. The lowest BCUT2D eigenvalue weighted by atomic mass is 10.2. The van der Waals surface area contributed by atoms with Crippen LogP contribution in [0.2, 0.25) is 5.02 Å². The highest BCUT2D eigenvalue weighted by Gasteiger charge is 2.15. The first-order chi connectivity index (χ1) is 10.1. The Morgan fingerprint density at radius 2 is 1.81 bits per heavy atom. The molecule has 0 saturated heterocycles. The zero-order chi connectivity index (χ0) is 15.2. The second kappa shape index (κ2) is 6.90. The largest absolute Gasteiger partial charge is 0.326 e. The molecule has 0 spiro atoms. The van der Waals surface area contributed by atoms with Crippen LogP contribution in [0.3, 0.4) is 0 Å². The molecule has 0 unspecified atom stereocenters. The highest BCUT2D eigenvalue weighted by molar-refractivity contribution is 6.30. The van der Waals surface area contributed by atoms with Crippen molar-refractivity contribution in [2.24, 2.45) is 0 Å². The zero-order valence-electron chi connectivity index (χ0n) is 11.5. The van der Waals surface area contributed by atoms with E-state index in [9.17, 15) is 9.59 Å². The summed E-state index contributed by atoms with van der Waals surface area (Å²) in [5.41, 5.74) is 1.32. The first kappa shape index (κ1) is 15.1. The van der Waals surface area contributed by atoms with Crippen LogP contribution in [0, 0.1) is 0 Å². The molecule has 2 rings (SSSR count). The van der Waals surface area contributed by atoms with Crippen LogP contribution in [0.5, 0.6) is 0 Å². The quantitative estimate of drug-likeness (QED) is 0.881. The molecular formula is C16H15ClN2O2. The maximum atomic E-state index is 12.1. The summed E-state index contributed by atoms with van der Waals surface area (Å²) in [5, 5.41) is 3.18. The van der Waals surface area contributed by atoms with Gasteiger partial charge in [-0.2, -0.15) is 0 Å². The molecule has 2 aromatic rings. The van der Waals surface area contributed by atoms with Crippen molar-refractivity contribution in [3.8, 4) is 0 Å². The number of halogens is 1. The van der Waals surface area contributed by atoms with Crippen LogP contribution in [0.4, 0.5) is 11.4 Å². The SMILES string of the molecule is CN(C(=O)CC(=O)Nc1cccc(Cl)c1)c1ccccc1. The Morgan fingerprint density at radius 3 is 2.48 bits per heavy atom. The van der Waals surface area contributed by atoms with Crippen LogP contribution in [-0.2, 0) is 9.59 Å². The number of amides is 2. The molecule has 2 amide bonds. The van der Waals surface area contributed by atoms with Gasteiger partial charge in [0.25, 0.3) is 0 Å². The predicted octanol–water partition coefficient (Wildman–Crippen LogP) is 3.33. The molecule has 4 nitrogen and oxygen atoms in total. The summed E-state index contributed by atoms with van der Waals surface area (Å²) in [6.45, 7) is 0. The maximum Gasteiger partial charge on any atom is 0.236 e. The van der Waals surface area contributed by atoms with Gasteiger partial charge in [-0.3, -0.25) is 9.59 Å². The van der Waals surface area contributed by atoms with Gasteiger partial charge in [0.05, 0.1) is 0 Å². The first-order valence-corrected chi connectivity index (χ1v) is 6.81. The molecule has 5 heteroatoms. The third-order valence-electron chi connectivity index (χ3n) is 2.94. The number of nitrogens with one attached hydrogen (secondary N) is 1. The summed E-state index contributed by atoms with van der Waals surface area (Å²) in [5.74, 6) is -0.647. The van der Waals surface area contributed by atoms with E-state index in [4.69, 9.17) is 11.6 Å². The number of rotatable bonds is 4. The number of carbonyl (C=O) groups is 2. The van der Waals surface area contributed by atoms with Crippen LogP contribution in [0.25, 0.3) is 0 Å². The Bertz CT molecular complexity index is 644. The monoisotopic (exact) mass is 302 g/mol. The van der Waals surface area contributed by atoms with Gasteiger partial charge in [-0.05, 0) is 30.3 Å². The summed E-state index contributed by atoms with van der Waals surface area (Å²) in [4.78, 5) is 25.4. The van der Waals surface area contributed by atoms with Crippen molar-refractivity contribution < 1.29 is 9.59 Å². The van der Waals surface area contributed by atoms with Crippen LogP contribution >= 0.6 is 11.6 Å². The van der Waals surface area contributed by atoms with Gasteiger partial charge in [-0.1, -0.05) is 35.9 Å². The highest BCUT2D eigenvalue weighted by Crippen LogP contribution is 2.16. The summed E-state index contributed by atoms with van der Waals surface area (Å²) < 4.78 is 0. The van der Waals surface area contributed by atoms with Gasteiger partial charge < -0.3 is 10.2 Å². The molecule has 0 aliphatic heterocycles. The number of hydrogen-bond acceptors (Lipinski definition) is 2. The lowest BCUT2D eigenvalue weighted by molar-refractivity contribution is -0.125. The second-order valence-electron chi connectivity index (χ2n) is 4.52. The van der Waals surface area contributed by atoms with Crippen molar-refractivity contribution in [1.82, 2.24) is 0 Å². The molecule has 1 N–H and O–H groups in total. The minimum atomic E-state index is -0.370. The minimum absolute atomic E-state index is 0.224. The van der Waals surface area contributed by atoms with E-state index in [-0.39, 0.29) is 18.2 Å². The van der Waals surface area contributed by atoms with E-state index in [1.54, 1.807) is 31.3 Å². The van der Waals surface area contributed by atoms with Crippen molar-refractivity contribution in [3.63, 3.8) is 0 Å². The average molecular weight is 303 g/mol. The fraction of sp³-hybridized carbons (Fsp3) is 0.125. The molecule has 0 heterocycles. The third-order valence-corrected chi connectivity index (χ3v) is 3.17. The Balaban J connectivity index is 1.95. The Kier molecular flexibility index (Phi) is 4.95. The van der Waals surface area contributed by atoms with Crippen LogP contribution in [-0.4, -0.2) is 18.9 Å². The molecule has 0 atom stereocenters. The van der Waals surface area contributed by atoms with Crippen LogP contribution in [0.15, 0.2) is 54.6 Å². The summed E-state index contributed by atoms with van der Waals surface area (Å²) in [6.07, 6.45) is -0.224. The van der Waals surface area contributed by atoms with E-state index in [0.717, 1.165) is 5.69 Å². The number of benzene rings is 2. The van der Waals surface area contributed by atoms with Crippen molar-refractivity contribution in [1.29, 1.82) is 0 Å². The van der Waals surface area contributed by atoms with E-state index < -0.39 is 0 Å². The Morgan fingerprint density at radius 1 is 1.10 bits per heavy atom. The van der Waals surface area contributed by atoms with Crippen molar-refractivity contribution in [2.75, 3.05) is 17.3 Å². The first-order valence-electron chi connectivity index (χ1n) is 6.43. The van der Waals surface area contributed by atoms with Gasteiger partial charge in [-0.25, -0.2) is 0 Å². The number of anilines is 2. The zero-order valence-corrected chi connectivity index (χ0v) is 12.3. The van der Waals surface area contributed by atoms with Gasteiger partial charge in [0.1, 0.15) is 6.42 Å². The number of para-hydroxylation sites is 1. The van der Waals surface area contributed by atoms with Crippen molar-refractivity contribution in [2.45, 2.75) is 6.42 Å². The van der Waals surface area contributed by atoms with Gasteiger partial charge in [0.15, 0.2) is 0 Å². The van der Waals surface area contributed by atoms with Gasteiger partial charge in [-0.15, -0.1) is 0 Å². The number of hydrogen-bond donors (Lipinski definition) is 1.